The molecule has 0 saturated carbocycles. The Kier molecular flexibility index (Phi) is 7.66. The van der Waals surface area contributed by atoms with Crippen LogP contribution in [0.25, 0.3) is 21.2 Å². The van der Waals surface area contributed by atoms with Gasteiger partial charge in [-0.25, -0.2) is 14.2 Å². The number of urea groups is 1. The number of amides is 3. The van der Waals surface area contributed by atoms with E-state index in [4.69, 9.17) is 5.73 Å². The number of nitrogens with two attached hydrogens (primary N) is 1. The maximum absolute atomic E-state index is 14.0. The Morgan fingerprint density at radius 1 is 1.05 bits per heavy atom. The van der Waals surface area contributed by atoms with Crippen molar-refractivity contribution in [2.75, 3.05) is 22.9 Å². The minimum Gasteiger partial charge on any atom is -0.383 e. The van der Waals surface area contributed by atoms with Crippen molar-refractivity contribution in [1.82, 2.24) is 15.3 Å². The summed E-state index contributed by atoms with van der Waals surface area (Å²) in [6.45, 7) is 1.99. The Balaban J connectivity index is 1.29. The number of nitrogens with one attached hydrogen (secondary N) is 3. The molecule has 5 rings (SSSR count). The molecule has 0 bridgehead atoms. The summed E-state index contributed by atoms with van der Waals surface area (Å²) in [5.74, 6) is 5.69. The van der Waals surface area contributed by atoms with Gasteiger partial charge in [-0.3, -0.25) is 9.78 Å². The van der Waals surface area contributed by atoms with E-state index >= 15 is 0 Å². The van der Waals surface area contributed by atoms with E-state index in [1.54, 1.807) is 55.0 Å². The number of rotatable bonds is 5. The van der Waals surface area contributed by atoms with Gasteiger partial charge in [-0.05, 0) is 59.8 Å². The molecule has 0 aliphatic carbocycles. The fourth-order valence-electron chi connectivity index (χ4n) is 3.99. The van der Waals surface area contributed by atoms with Gasteiger partial charge in [0, 0.05) is 40.8 Å². The molecule has 8 nitrogen and oxygen atoms in total. The number of fused-ring (bicyclic) bond motifs is 1. The lowest BCUT2D eigenvalue weighted by atomic mass is 10.0. The number of benzene rings is 2. The van der Waals surface area contributed by atoms with Crippen molar-refractivity contribution in [2.24, 2.45) is 0 Å². The predicted molar refractivity (Wildman–Crippen MR) is 157 cm³/mol. The topological polar surface area (TPSA) is 122 Å². The average molecular weight is 551 g/mol. The fraction of sp³-hybridized carbons (Fsp3) is 0.0667. The minimum absolute atomic E-state index is 0.108. The van der Waals surface area contributed by atoms with Gasteiger partial charge in [0.15, 0.2) is 0 Å². The summed E-state index contributed by atoms with van der Waals surface area (Å²) >= 11 is 1.50. The monoisotopic (exact) mass is 550 g/mol. The Morgan fingerprint density at radius 2 is 1.82 bits per heavy atom. The van der Waals surface area contributed by atoms with Gasteiger partial charge in [-0.15, -0.1) is 11.3 Å². The molecular formula is C30H23FN6O2S. The third kappa shape index (κ3) is 5.90. The van der Waals surface area contributed by atoms with E-state index in [1.807, 2.05) is 24.4 Å². The lowest BCUT2D eigenvalue weighted by Gasteiger charge is -2.10. The molecule has 0 aliphatic heterocycles. The van der Waals surface area contributed by atoms with Crippen LogP contribution in [-0.4, -0.2) is 28.5 Å². The third-order valence-corrected chi connectivity index (χ3v) is 6.96. The number of carbonyl (C=O) groups excluding carboxylic acids is 2. The number of pyridine rings is 2. The van der Waals surface area contributed by atoms with Crippen molar-refractivity contribution >= 4 is 50.6 Å². The van der Waals surface area contributed by atoms with Gasteiger partial charge in [-0.1, -0.05) is 30.0 Å². The molecule has 3 heterocycles. The Morgan fingerprint density at radius 3 is 2.60 bits per heavy atom. The SMILES string of the molecule is Cc1ccc(F)c(NC(=O)Nc2ccc(-c3csc4c(C#CCNC(=O)c5ccncc5)cnc(N)c34)cc2)c1. The van der Waals surface area contributed by atoms with Crippen LogP contribution in [0.5, 0.6) is 0 Å². The smallest absolute Gasteiger partial charge is 0.323 e. The predicted octanol–water partition coefficient (Wildman–Crippen LogP) is 5.81. The van der Waals surface area contributed by atoms with Crippen molar-refractivity contribution in [1.29, 1.82) is 0 Å². The number of nitrogens with zero attached hydrogens (tertiary/aromatic N) is 2. The van der Waals surface area contributed by atoms with Crippen molar-refractivity contribution in [3.63, 3.8) is 0 Å². The van der Waals surface area contributed by atoms with E-state index in [-0.39, 0.29) is 18.1 Å². The van der Waals surface area contributed by atoms with E-state index in [0.29, 0.717) is 22.6 Å². The largest absolute Gasteiger partial charge is 0.383 e. The van der Waals surface area contributed by atoms with Crippen LogP contribution in [0.2, 0.25) is 0 Å². The van der Waals surface area contributed by atoms with E-state index < -0.39 is 11.8 Å². The summed E-state index contributed by atoms with van der Waals surface area (Å²) in [6, 6.07) is 14.4. The van der Waals surface area contributed by atoms with Gasteiger partial charge in [-0.2, -0.15) is 0 Å². The molecule has 0 saturated heterocycles. The molecule has 3 aromatic heterocycles. The maximum Gasteiger partial charge on any atom is 0.323 e. The van der Waals surface area contributed by atoms with E-state index in [0.717, 1.165) is 26.8 Å². The van der Waals surface area contributed by atoms with Crippen molar-refractivity contribution in [2.45, 2.75) is 6.92 Å². The number of hydrogen-bond acceptors (Lipinski definition) is 6. The summed E-state index contributed by atoms with van der Waals surface area (Å²) in [5.41, 5.74) is 10.7. The van der Waals surface area contributed by atoms with Gasteiger partial charge in [0.25, 0.3) is 5.91 Å². The molecule has 2 aromatic carbocycles. The Hall–Kier alpha value is -5.27. The molecule has 0 atom stereocenters. The average Bonchev–Trinajstić information content (AvgIpc) is 3.41. The summed E-state index contributed by atoms with van der Waals surface area (Å²) in [6.07, 6.45) is 4.74. The molecule has 3 amide bonds. The molecule has 0 spiro atoms. The van der Waals surface area contributed by atoms with E-state index in [9.17, 15) is 14.0 Å². The molecule has 0 fully saturated rings. The number of nitrogen functional groups attached to an aromatic ring is 1. The first-order valence-corrected chi connectivity index (χ1v) is 13.0. The molecule has 0 radical (unpaired) electrons. The first-order valence-electron chi connectivity index (χ1n) is 12.2. The maximum atomic E-state index is 14.0. The molecular weight excluding hydrogens is 527 g/mol. The first-order chi connectivity index (χ1) is 19.4. The van der Waals surface area contributed by atoms with Crippen LogP contribution in [0.4, 0.5) is 26.4 Å². The number of aryl methyl sites for hydroxylation is 1. The van der Waals surface area contributed by atoms with Gasteiger partial charge in [0.05, 0.1) is 22.5 Å². The normalized spacial score (nSPS) is 10.4. The molecule has 0 unspecified atom stereocenters. The van der Waals surface area contributed by atoms with Crippen LogP contribution < -0.4 is 21.7 Å². The second-order valence-corrected chi connectivity index (χ2v) is 9.65. The second kappa shape index (κ2) is 11.6. The number of aromatic nitrogens is 2. The third-order valence-electron chi connectivity index (χ3n) is 5.95. The Labute approximate surface area is 233 Å². The van der Waals surface area contributed by atoms with Crippen LogP contribution in [0.15, 0.2) is 78.6 Å². The lowest BCUT2D eigenvalue weighted by Crippen LogP contribution is -2.23. The fourth-order valence-corrected chi connectivity index (χ4v) is 5.04. The highest BCUT2D eigenvalue weighted by Crippen LogP contribution is 2.38. The zero-order valence-corrected chi connectivity index (χ0v) is 22.1. The second-order valence-electron chi connectivity index (χ2n) is 8.77. The summed E-state index contributed by atoms with van der Waals surface area (Å²) in [5, 5.41) is 10.8. The van der Waals surface area contributed by atoms with Gasteiger partial charge >= 0.3 is 6.03 Å². The highest BCUT2D eigenvalue weighted by Gasteiger charge is 2.14. The zero-order chi connectivity index (χ0) is 28.1. The Bertz CT molecular complexity index is 1780. The van der Waals surface area contributed by atoms with Gasteiger partial charge < -0.3 is 21.7 Å². The quantitative estimate of drug-likeness (QED) is 0.206. The van der Waals surface area contributed by atoms with E-state index in [2.05, 4.69) is 37.8 Å². The molecule has 0 aliphatic rings. The number of halogens is 1. The molecule has 40 heavy (non-hydrogen) atoms. The van der Waals surface area contributed by atoms with Gasteiger partial charge in [0.1, 0.15) is 11.6 Å². The molecule has 5 N–H and O–H groups in total. The first kappa shape index (κ1) is 26.3. The van der Waals surface area contributed by atoms with Crippen LogP contribution in [0.3, 0.4) is 0 Å². The van der Waals surface area contributed by atoms with Crippen molar-refractivity contribution < 1.29 is 14.0 Å². The van der Waals surface area contributed by atoms with Crippen LogP contribution in [0, 0.1) is 24.6 Å². The molecule has 198 valence electrons. The molecule has 5 aromatic rings. The highest BCUT2D eigenvalue weighted by molar-refractivity contribution is 7.18. The lowest BCUT2D eigenvalue weighted by molar-refractivity contribution is 0.0958. The number of anilines is 3. The summed E-state index contributed by atoms with van der Waals surface area (Å²) in [4.78, 5) is 32.8. The van der Waals surface area contributed by atoms with Gasteiger partial charge in [0.2, 0.25) is 0 Å². The van der Waals surface area contributed by atoms with Crippen LogP contribution in [-0.2, 0) is 0 Å². The van der Waals surface area contributed by atoms with Crippen molar-refractivity contribution in [3.05, 3.63) is 101 Å². The number of hydrogen-bond donors (Lipinski definition) is 4. The number of carbonyl (C=O) groups is 2. The molecule has 10 heteroatoms. The van der Waals surface area contributed by atoms with E-state index in [1.165, 1.54) is 17.4 Å². The minimum atomic E-state index is -0.549. The zero-order valence-electron chi connectivity index (χ0n) is 21.3. The summed E-state index contributed by atoms with van der Waals surface area (Å²) < 4.78 is 14.9. The van der Waals surface area contributed by atoms with Crippen LogP contribution >= 0.6 is 11.3 Å². The van der Waals surface area contributed by atoms with Crippen molar-refractivity contribution in [3.8, 4) is 23.0 Å². The van der Waals surface area contributed by atoms with Crippen LogP contribution in [0.1, 0.15) is 21.5 Å². The number of thiophene rings is 1. The highest BCUT2D eigenvalue weighted by atomic mass is 32.1. The summed E-state index contributed by atoms with van der Waals surface area (Å²) in [7, 11) is 0. The standard InChI is InChI=1S/C30H23FN6O2S/c1-18-4-9-24(31)25(15-18)37-30(39)36-22-7-5-19(6-8-22)23-17-40-27-21(16-35-28(32)26(23)27)3-2-12-34-29(38)20-10-13-33-14-11-20/h4-11,13-17H,12H2,1H3,(H2,32,35)(H,34,38)(H2,36,37,39).